The summed E-state index contributed by atoms with van der Waals surface area (Å²) in [5.74, 6) is -1.91. The second kappa shape index (κ2) is 8.45. The van der Waals surface area contributed by atoms with Crippen molar-refractivity contribution in [2.45, 2.75) is 22.7 Å². The Balaban J connectivity index is 1.46. The summed E-state index contributed by atoms with van der Waals surface area (Å²) in [4.78, 5) is 42.1. The number of aryl methyl sites for hydroxylation is 1. The number of carboxylic acid groups (broad SMARTS) is 1. The SMILES string of the molecule is Cn1nnnc1SCC1=C(C(=O)O)N2C(=O)C(NC(=O)C(O)c3cnc(N)s3)[C@@H]2SC1. The number of carbonyl (C=O) groups excluding carboxylic acids is 2. The largest absolute Gasteiger partial charge is 0.477 e. The highest BCUT2D eigenvalue weighted by Gasteiger charge is 2.54. The lowest BCUT2D eigenvalue weighted by atomic mass is 10.0. The van der Waals surface area contributed by atoms with Crippen LogP contribution in [-0.4, -0.2) is 81.0 Å². The number of fused-ring (bicyclic) bond motifs is 1. The lowest BCUT2D eigenvalue weighted by molar-refractivity contribution is -0.151. The topological polar surface area (TPSA) is 189 Å². The van der Waals surface area contributed by atoms with Crippen molar-refractivity contribution in [2.24, 2.45) is 7.05 Å². The molecule has 0 radical (unpaired) electrons. The van der Waals surface area contributed by atoms with Gasteiger partial charge in [0.25, 0.3) is 11.8 Å². The van der Waals surface area contributed by atoms with Crippen LogP contribution in [0.25, 0.3) is 0 Å². The van der Waals surface area contributed by atoms with Crippen LogP contribution in [-0.2, 0) is 21.4 Å². The van der Waals surface area contributed by atoms with E-state index in [1.807, 2.05) is 0 Å². The highest BCUT2D eigenvalue weighted by molar-refractivity contribution is 8.01. The number of carbonyl (C=O) groups is 3. The minimum absolute atomic E-state index is 0.0994. The summed E-state index contributed by atoms with van der Waals surface area (Å²) in [6.07, 6.45) is -0.234. The van der Waals surface area contributed by atoms with Crippen LogP contribution in [0.3, 0.4) is 0 Å². The van der Waals surface area contributed by atoms with Gasteiger partial charge in [0.05, 0.1) is 4.88 Å². The number of tetrazole rings is 1. The van der Waals surface area contributed by atoms with Crippen molar-refractivity contribution in [3.63, 3.8) is 0 Å². The van der Waals surface area contributed by atoms with Crippen LogP contribution < -0.4 is 11.1 Å². The number of aliphatic hydroxyl groups is 1. The van der Waals surface area contributed by atoms with Crippen molar-refractivity contribution in [3.05, 3.63) is 22.3 Å². The second-order valence-electron chi connectivity index (χ2n) is 6.53. The summed E-state index contributed by atoms with van der Waals surface area (Å²) in [7, 11) is 1.67. The first-order valence-electron chi connectivity index (χ1n) is 8.72. The number of nitrogens with two attached hydrogens (primary N) is 1. The van der Waals surface area contributed by atoms with E-state index in [2.05, 4.69) is 25.8 Å². The number of rotatable bonds is 7. The zero-order valence-electron chi connectivity index (χ0n) is 15.8. The Morgan fingerprint density at radius 3 is 2.87 bits per heavy atom. The molecule has 0 aromatic carbocycles. The summed E-state index contributed by atoms with van der Waals surface area (Å²) in [6.45, 7) is 0. The van der Waals surface area contributed by atoms with E-state index in [4.69, 9.17) is 5.73 Å². The minimum Gasteiger partial charge on any atom is -0.477 e. The first-order valence-corrected chi connectivity index (χ1v) is 11.6. The number of nitrogen functional groups attached to an aromatic ring is 1. The Bertz CT molecular complexity index is 1080. The van der Waals surface area contributed by atoms with Crippen molar-refractivity contribution in [1.82, 2.24) is 35.4 Å². The average Bonchev–Trinajstić information content (AvgIpc) is 3.36. The molecule has 13 nitrogen and oxygen atoms in total. The third-order valence-electron chi connectivity index (χ3n) is 4.56. The Morgan fingerprint density at radius 2 is 2.26 bits per heavy atom. The van der Waals surface area contributed by atoms with E-state index in [-0.39, 0.29) is 15.7 Å². The smallest absolute Gasteiger partial charge is 0.352 e. The zero-order chi connectivity index (χ0) is 22.3. The van der Waals surface area contributed by atoms with Crippen molar-refractivity contribution in [1.29, 1.82) is 0 Å². The fourth-order valence-electron chi connectivity index (χ4n) is 3.08. The van der Waals surface area contributed by atoms with E-state index in [9.17, 15) is 24.6 Å². The number of carboxylic acids is 1. The third kappa shape index (κ3) is 3.98. The molecule has 2 unspecified atom stereocenters. The lowest BCUT2D eigenvalue weighted by Gasteiger charge is -2.49. The van der Waals surface area contributed by atoms with Crippen LogP contribution in [0.4, 0.5) is 5.13 Å². The van der Waals surface area contributed by atoms with Gasteiger partial charge in [-0.1, -0.05) is 23.1 Å². The molecule has 0 bridgehead atoms. The third-order valence-corrected chi connectivity index (χ3v) is 7.88. The molecule has 16 heteroatoms. The van der Waals surface area contributed by atoms with Gasteiger partial charge in [0, 0.05) is 24.8 Å². The van der Waals surface area contributed by atoms with E-state index in [1.165, 1.54) is 39.3 Å². The molecular weight excluding hydrogens is 468 g/mol. The first-order chi connectivity index (χ1) is 14.8. The molecule has 1 fully saturated rings. The number of hydrogen-bond acceptors (Lipinski definition) is 12. The maximum atomic E-state index is 12.7. The summed E-state index contributed by atoms with van der Waals surface area (Å²) in [6, 6.07) is -0.941. The van der Waals surface area contributed by atoms with Gasteiger partial charge in [-0.15, -0.1) is 16.9 Å². The van der Waals surface area contributed by atoms with Gasteiger partial charge in [0.15, 0.2) is 11.2 Å². The van der Waals surface area contributed by atoms with E-state index in [0.717, 1.165) is 11.3 Å². The van der Waals surface area contributed by atoms with Gasteiger partial charge in [-0.25, -0.2) is 14.5 Å². The number of β-lactam (4-membered cyclic amide) rings is 1. The minimum atomic E-state index is -1.52. The van der Waals surface area contributed by atoms with Crippen LogP contribution in [0.2, 0.25) is 0 Å². The van der Waals surface area contributed by atoms with Crippen molar-refractivity contribution < 1.29 is 24.6 Å². The normalized spacial score (nSPS) is 21.5. The highest BCUT2D eigenvalue weighted by atomic mass is 32.2. The highest BCUT2D eigenvalue weighted by Crippen LogP contribution is 2.41. The average molecular weight is 485 g/mol. The summed E-state index contributed by atoms with van der Waals surface area (Å²) in [5.41, 5.74) is 5.97. The van der Waals surface area contributed by atoms with Gasteiger partial charge in [0.1, 0.15) is 17.1 Å². The van der Waals surface area contributed by atoms with Crippen LogP contribution in [0, 0.1) is 0 Å². The van der Waals surface area contributed by atoms with Crippen LogP contribution in [0.5, 0.6) is 0 Å². The molecule has 2 amide bonds. The number of aliphatic hydroxyl groups excluding tert-OH is 1. The van der Waals surface area contributed by atoms with Gasteiger partial charge >= 0.3 is 5.97 Å². The zero-order valence-corrected chi connectivity index (χ0v) is 18.3. The first kappa shape index (κ1) is 21.5. The molecule has 2 aromatic heterocycles. The summed E-state index contributed by atoms with van der Waals surface area (Å²) >= 11 is 3.56. The number of nitrogens with one attached hydrogen (secondary N) is 1. The Morgan fingerprint density at radius 1 is 1.48 bits per heavy atom. The number of anilines is 1. The number of amides is 2. The lowest BCUT2D eigenvalue weighted by Crippen LogP contribution is -2.70. The molecule has 2 aliphatic rings. The molecule has 3 atom stereocenters. The molecule has 2 aliphatic heterocycles. The molecule has 5 N–H and O–H groups in total. The monoisotopic (exact) mass is 484 g/mol. The maximum absolute atomic E-state index is 12.7. The Labute approximate surface area is 187 Å². The van der Waals surface area contributed by atoms with Gasteiger partial charge in [0.2, 0.25) is 5.16 Å². The molecule has 1 saturated heterocycles. The van der Waals surface area contributed by atoms with Crippen molar-refractivity contribution in [3.8, 4) is 0 Å². The predicted molar refractivity (Wildman–Crippen MR) is 111 cm³/mol. The fraction of sp³-hybridized carbons (Fsp3) is 0.400. The predicted octanol–water partition coefficient (Wildman–Crippen LogP) is -1.19. The van der Waals surface area contributed by atoms with Crippen LogP contribution >= 0.6 is 34.9 Å². The van der Waals surface area contributed by atoms with E-state index in [1.54, 1.807) is 7.05 Å². The van der Waals surface area contributed by atoms with Gasteiger partial charge < -0.3 is 21.3 Å². The summed E-state index contributed by atoms with van der Waals surface area (Å²) in [5, 5.41) is 33.6. The van der Waals surface area contributed by atoms with Crippen molar-refractivity contribution in [2.75, 3.05) is 17.2 Å². The van der Waals surface area contributed by atoms with Gasteiger partial charge in [-0.05, 0) is 16.0 Å². The number of thioether (sulfide) groups is 2. The number of thiazole rings is 1. The Hall–Kier alpha value is -2.69. The Kier molecular flexibility index (Phi) is 5.87. The van der Waals surface area contributed by atoms with E-state index in [0.29, 0.717) is 22.2 Å². The number of hydrogen-bond donors (Lipinski definition) is 4. The number of aromatic nitrogens is 5. The number of aliphatic carboxylic acids is 1. The van der Waals surface area contributed by atoms with Crippen LogP contribution in [0.1, 0.15) is 11.0 Å². The quantitative estimate of drug-likeness (QED) is 0.272. The molecule has 31 heavy (non-hydrogen) atoms. The van der Waals surface area contributed by atoms with Crippen LogP contribution in [0.15, 0.2) is 22.6 Å². The molecular formula is C15H16N8O5S3. The molecule has 2 aromatic rings. The van der Waals surface area contributed by atoms with E-state index >= 15 is 0 Å². The molecule has 164 valence electrons. The van der Waals surface area contributed by atoms with Gasteiger partial charge in [-0.2, -0.15) is 0 Å². The summed E-state index contributed by atoms with van der Waals surface area (Å²) < 4.78 is 1.47. The molecule has 4 rings (SSSR count). The maximum Gasteiger partial charge on any atom is 0.352 e. The standard InChI is InChI=1S/C15H16N8O5S3/c1-22-15(19-20-21-22)30-4-5-3-29-12-7(11(26)23(12)8(5)13(27)28)18-10(25)9(24)6-2-17-14(16)31-6/h2,7,9,12,24H,3-4H2,1H3,(H2,16,17)(H,18,25)(H,27,28)/t7?,9?,12-/m0/s1. The van der Waals surface area contributed by atoms with Gasteiger partial charge in [-0.3, -0.25) is 14.5 Å². The second-order valence-corrected chi connectivity index (χ2v) is 9.67. The van der Waals surface area contributed by atoms with Crippen molar-refractivity contribution >= 4 is 57.8 Å². The van der Waals surface area contributed by atoms with E-state index < -0.39 is 35.3 Å². The molecule has 0 aliphatic carbocycles. The number of nitrogens with zero attached hydrogens (tertiary/aromatic N) is 6. The molecule has 4 heterocycles. The molecule has 0 spiro atoms. The fourth-order valence-corrected chi connectivity index (χ4v) is 6.08. The molecule has 0 saturated carbocycles.